The maximum Gasteiger partial charge on any atom is 0.275 e. The van der Waals surface area contributed by atoms with Crippen molar-refractivity contribution in [1.29, 1.82) is 0 Å². The number of carbonyl (C=O) groups excluding carboxylic acids is 1. The largest absolute Gasteiger partial charge is 0.325 e. The number of halogens is 2. The summed E-state index contributed by atoms with van der Waals surface area (Å²) in [5.41, 5.74) is 2.25. The second kappa shape index (κ2) is 6.51. The van der Waals surface area contributed by atoms with Gasteiger partial charge in [0.1, 0.15) is 17.3 Å². The predicted octanol–water partition coefficient (Wildman–Crippen LogP) is 3.70. The summed E-state index contributed by atoms with van der Waals surface area (Å²) >= 11 is 0. The molecule has 26 heavy (non-hydrogen) atoms. The Kier molecular flexibility index (Phi) is 4.04. The van der Waals surface area contributed by atoms with E-state index in [2.05, 4.69) is 21.4 Å². The van der Waals surface area contributed by atoms with Crippen LogP contribution in [0.15, 0.2) is 54.9 Å². The molecule has 7 heteroatoms. The molecule has 1 aliphatic heterocycles. The summed E-state index contributed by atoms with van der Waals surface area (Å²) in [5.74, 6) is -1.54. The highest BCUT2D eigenvalue weighted by molar-refractivity contribution is 6.02. The Hall–Kier alpha value is -3.35. The molecular weight excluding hydrogens is 338 g/mol. The van der Waals surface area contributed by atoms with Crippen molar-refractivity contribution in [3.63, 3.8) is 0 Å². The van der Waals surface area contributed by atoms with Crippen molar-refractivity contribution in [2.45, 2.75) is 6.42 Å². The highest BCUT2D eigenvalue weighted by atomic mass is 19.1. The van der Waals surface area contributed by atoms with Crippen LogP contribution in [0.25, 0.3) is 0 Å². The zero-order valence-corrected chi connectivity index (χ0v) is 13.6. The van der Waals surface area contributed by atoms with E-state index in [0.29, 0.717) is 11.9 Å². The molecule has 3 aromatic rings. The number of benzene rings is 2. The minimum Gasteiger partial charge on any atom is -0.325 e. The fourth-order valence-corrected chi connectivity index (χ4v) is 2.93. The number of hydrogen-bond donors (Lipinski definition) is 1. The third-order valence-corrected chi connectivity index (χ3v) is 4.21. The maximum absolute atomic E-state index is 13.6. The number of amides is 1. The second-order valence-electron chi connectivity index (χ2n) is 5.87. The standard InChI is InChI=1S/C19H14F2N4O/c20-13-5-6-15(14(21)9-13)24-19(26)16-10-23-18(11-22-16)25-8-7-12-3-1-2-4-17(12)25/h1-6,9-11H,7-8H2,(H,24,26). The van der Waals surface area contributed by atoms with Gasteiger partial charge in [-0.05, 0) is 30.2 Å². The number of rotatable bonds is 3. The van der Waals surface area contributed by atoms with E-state index >= 15 is 0 Å². The molecule has 1 N–H and O–H groups in total. The number of para-hydroxylation sites is 1. The fraction of sp³-hybridized carbons (Fsp3) is 0.105. The molecular formula is C19H14F2N4O. The molecule has 1 aliphatic rings. The van der Waals surface area contributed by atoms with Gasteiger partial charge in [-0.25, -0.2) is 18.7 Å². The van der Waals surface area contributed by atoms with Crippen LogP contribution in [0.1, 0.15) is 16.1 Å². The van der Waals surface area contributed by atoms with Crippen LogP contribution >= 0.6 is 0 Å². The molecule has 130 valence electrons. The molecule has 1 amide bonds. The Morgan fingerprint density at radius 1 is 1.08 bits per heavy atom. The van der Waals surface area contributed by atoms with Crippen molar-refractivity contribution in [2.24, 2.45) is 0 Å². The van der Waals surface area contributed by atoms with Crippen molar-refractivity contribution in [1.82, 2.24) is 9.97 Å². The monoisotopic (exact) mass is 352 g/mol. The molecule has 2 aromatic carbocycles. The minimum absolute atomic E-state index is 0.0463. The first-order valence-electron chi connectivity index (χ1n) is 8.06. The smallest absolute Gasteiger partial charge is 0.275 e. The summed E-state index contributed by atoms with van der Waals surface area (Å²) in [4.78, 5) is 22.7. The summed E-state index contributed by atoms with van der Waals surface area (Å²) in [7, 11) is 0. The molecule has 0 aliphatic carbocycles. The van der Waals surface area contributed by atoms with Gasteiger partial charge < -0.3 is 10.2 Å². The molecule has 0 unspecified atom stereocenters. The number of anilines is 3. The van der Waals surface area contributed by atoms with Crippen LogP contribution in [0.2, 0.25) is 0 Å². The molecule has 0 fully saturated rings. The zero-order chi connectivity index (χ0) is 18.1. The number of nitrogens with zero attached hydrogens (tertiary/aromatic N) is 3. The Morgan fingerprint density at radius 3 is 2.69 bits per heavy atom. The number of aromatic nitrogens is 2. The first-order valence-corrected chi connectivity index (χ1v) is 8.06. The Labute approximate surface area is 148 Å². The normalized spacial score (nSPS) is 12.8. The van der Waals surface area contributed by atoms with E-state index in [1.54, 1.807) is 0 Å². The Balaban J connectivity index is 1.52. The van der Waals surface area contributed by atoms with E-state index in [1.807, 2.05) is 23.1 Å². The Bertz CT molecular complexity index is 976. The van der Waals surface area contributed by atoms with E-state index in [4.69, 9.17) is 0 Å². The number of hydrogen-bond acceptors (Lipinski definition) is 4. The van der Waals surface area contributed by atoms with Crippen molar-refractivity contribution in [2.75, 3.05) is 16.8 Å². The third-order valence-electron chi connectivity index (χ3n) is 4.21. The van der Waals surface area contributed by atoms with Gasteiger partial charge in [0.25, 0.3) is 5.91 Å². The summed E-state index contributed by atoms with van der Waals surface area (Å²) in [6.07, 6.45) is 3.77. The average Bonchev–Trinajstić information content (AvgIpc) is 3.08. The van der Waals surface area contributed by atoms with Crippen molar-refractivity contribution < 1.29 is 13.6 Å². The van der Waals surface area contributed by atoms with E-state index in [1.165, 1.54) is 18.0 Å². The van der Waals surface area contributed by atoms with Crippen LogP contribution in [0.5, 0.6) is 0 Å². The van der Waals surface area contributed by atoms with Crippen LogP contribution in [0.3, 0.4) is 0 Å². The number of fused-ring (bicyclic) bond motifs is 1. The topological polar surface area (TPSA) is 58.1 Å². The first kappa shape index (κ1) is 16.1. The van der Waals surface area contributed by atoms with Crippen molar-refractivity contribution in [3.8, 4) is 0 Å². The number of carbonyl (C=O) groups is 1. The average molecular weight is 352 g/mol. The van der Waals surface area contributed by atoms with Gasteiger partial charge in [-0.3, -0.25) is 4.79 Å². The lowest BCUT2D eigenvalue weighted by atomic mass is 10.2. The molecule has 0 radical (unpaired) electrons. The third kappa shape index (κ3) is 2.99. The predicted molar refractivity (Wildman–Crippen MR) is 93.5 cm³/mol. The lowest BCUT2D eigenvalue weighted by Gasteiger charge is -2.17. The van der Waals surface area contributed by atoms with Crippen molar-refractivity contribution in [3.05, 3.63) is 77.8 Å². The minimum atomic E-state index is -0.850. The molecule has 0 atom stereocenters. The van der Waals surface area contributed by atoms with E-state index in [-0.39, 0.29) is 11.4 Å². The molecule has 4 rings (SSSR count). The molecule has 0 saturated heterocycles. The van der Waals surface area contributed by atoms with Gasteiger partial charge in [0.05, 0.1) is 18.1 Å². The molecule has 2 heterocycles. The fourth-order valence-electron chi connectivity index (χ4n) is 2.93. The van der Waals surface area contributed by atoms with Gasteiger partial charge in [-0.1, -0.05) is 18.2 Å². The molecule has 0 spiro atoms. The van der Waals surface area contributed by atoms with Crippen molar-refractivity contribution >= 4 is 23.1 Å². The van der Waals surface area contributed by atoms with Gasteiger partial charge >= 0.3 is 0 Å². The van der Waals surface area contributed by atoms with Crippen LogP contribution in [0, 0.1) is 11.6 Å². The SMILES string of the molecule is O=C(Nc1ccc(F)cc1F)c1cnc(N2CCc3ccccc32)cn1. The highest BCUT2D eigenvalue weighted by Crippen LogP contribution is 2.32. The summed E-state index contributed by atoms with van der Waals surface area (Å²) in [5, 5.41) is 2.36. The number of nitrogens with one attached hydrogen (secondary N) is 1. The summed E-state index contributed by atoms with van der Waals surface area (Å²) in [6.45, 7) is 0.792. The van der Waals surface area contributed by atoms with Gasteiger partial charge in [0, 0.05) is 18.3 Å². The lowest BCUT2D eigenvalue weighted by Crippen LogP contribution is -2.18. The molecule has 0 saturated carbocycles. The van der Waals surface area contributed by atoms with E-state index in [9.17, 15) is 13.6 Å². The van der Waals surface area contributed by atoms with Crippen LogP contribution < -0.4 is 10.2 Å². The second-order valence-corrected chi connectivity index (χ2v) is 5.87. The van der Waals surface area contributed by atoms with Gasteiger partial charge in [-0.2, -0.15) is 0 Å². The van der Waals surface area contributed by atoms with Crippen LogP contribution in [0.4, 0.5) is 26.0 Å². The quantitative estimate of drug-likeness (QED) is 0.781. The summed E-state index contributed by atoms with van der Waals surface area (Å²) < 4.78 is 26.6. The van der Waals surface area contributed by atoms with E-state index < -0.39 is 17.5 Å². The van der Waals surface area contributed by atoms with Crippen LogP contribution in [-0.4, -0.2) is 22.4 Å². The zero-order valence-electron chi connectivity index (χ0n) is 13.6. The molecule has 0 bridgehead atoms. The lowest BCUT2D eigenvalue weighted by molar-refractivity contribution is 0.102. The molecule has 5 nitrogen and oxygen atoms in total. The van der Waals surface area contributed by atoms with E-state index in [0.717, 1.165) is 30.8 Å². The summed E-state index contributed by atoms with van der Waals surface area (Å²) in [6, 6.07) is 11.0. The Morgan fingerprint density at radius 2 is 1.92 bits per heavy atom. The molecule has 1 aromatic heterocycles. The van der Waals surface area contributed by atoms with Gasteiger partial charge in [-0.15, -0.1) is 0 Å². The maximum atomic E-state index is 13.6. The van der Waals surface area contributed by atoms with Gasteiger partial charge in [0.15, 0.2) is 5.82 Å². The first-order chi connectivity index (χ1) is 12.6. The van der Waals surface area contributed by atoms with Gasteiger partial charge in [0.2, 0.25) is 0 Å². The highest BCUT2D eigenvalue weighted by Gasteiger charge is 2.21. The van der Waals surface area contributed by atoms with Crippen LogP contribution in [-0.2, 0) is 6.42 Å².